The second-order valence-corrected chi connectivity index (χ2v) is 5.82. The number of carbonyl (C=O) groups is 3. The topological polar surface area (TPSA) is 104 Å². The zero-order valence-electron chi connectivity index (χ0n) is 9.35. The van der Waals surface area contributed by atoms with Gasteiger partial charge in [-0.15, -0.1) is 11.3 Å². The first-order valence-corrected chi connectivity index (χ1v) is 6.58. The number of carboxylic acid groups (broad SMARTS) is 2. The molecule has 0 unspecified atom stereocenters. The van der Waals surface area contributed by atoms with Gasteiger partial charge in [0.2, 0.25) is 0 Å². The van der Waals surface area contributed by atoms with Gasteiger partial charge >= 0.3 is 11.9 Å². The summed E-state index contributed by atoms with van der Waals surface area (Å²) in [5.74, 6) is -3.16. The van der Waals surface area contributed by atoms with Gasteiger partial charge in [0.05, 0.1) is 9.90 Å². The van der Waals surface area contributed by atoms with Crippen LogP contribution >= 0.6 is 34.5 Å². The Bertz CT molecular complexity index is 516. The number of hydrogen-bond donors (Lipinski definition) is 3. The number of thiophene rings is 1. The zero-order chi connectivity index (χ0) is 14.6. The Morgan fingerprint density at radius 1 is 1.32 bits per heavy atom. The maximum atomic E-state index is 11.8. The van der Waals surface area contributed by atoms with Gasteiger partial charge in [-0.1, -0.05) is 23.2 Å². The van der Waals surface area contributed by atoms with Crippen molar-refractivity contribution < 1.29 is 24.6 Å². The molecule has 6 nitrogen and oxygen atoms in total. The van der Waals surface area contributed by atoms with Crippen molar-refractivity contribution in [2.75, 3.05) is 0 Å². The van der Waals surface area contributed by atoms with Crippen molar-refractivity contribution in [1.29, 1.82) is 0 Å². The minimum Gasteiger partial charge on any atom is -0.481 e. The summed E-state index contributed by atoms with van der Waals surface area (Å²) in [7, 11) is 0. The zero-order valence-corrected chi connectivity index (χ0v) is 11.7. The predicted molar refractivity (Wildman–Crippen MR) is 70.1 cm³/mol. The van der Waals surface area contributed by atoms with Crippen molar-refractivity contribution in [2.45, 2.75) is 18.9 Å². The molecule has 0 aliphatic carbocycles. The third-order valence-corrected chi connectivity index (χ3v) is 3.64. The van der Waals surface area contributed by atoms with Gasteiger partial charge in [0.15, 0.2) is 0 Å². The van der Waals surface area contributed by atoms with Crippen LogP contribution in [0.4, 0.5) is 0 Å². The Kier molecular flexibility index (Phi) is 5.59. The first-order chi connectivity index (χ1) is 8.81. The molecule has 19 heavy (non-hydrogen) atoms. The summed E-state index contributed by atoms with van der Waals surface area (Å²) in [6.45, 7) is 0. The van der Waals surface area contributed by atoms with E-state index in [4.69, 9.17) is 33.4 Å². The van der Waals surface area contributed by atoms with Crippen LogP contribution in [0.5, 0.6) is 0 Å². The Balaban J connectivity index is 2.74. The van der Waals surface area contributed by atoms with E-state index < -0.39 is 23.9 Å². The van der Waals surface area contributed by atoms with Crippen LogP contribution in [0.3, 0.4) is 0 Å². The molecule has 0 saturated carbocycles. The average molecular weight is 326 g/mol. The second kappa shape index (κ2) is 6.74. The van der Waals surface area contributed by atoms with Gasteiger partial charge in [0.25, 0.3) is 5.91 Å². The van der Waals surface area contributed by atoms with E-state index in [1.54, 1.807) is 0 Å². The molecule has 0 spiro atoms. The highest BCUT2D eigenvalue weighted by Crippen LogP contribution is 2.31. The van der Waals surface area contributed by atoms with Crippen LogP contribution in [0.2, 0.25) is 8.67 Å². The summed E-state index contributed by atoms with van der Waals surface area (Å²) in [6.07, 6.45) is -0.582. The molecule has 0 bridgehead atoms. The number of rotatable bonds is 6. The van der Waals surface area contributed by atoms with Crippen molar-refractivity contribution in [3.8, 4) is 0 Å². The maximum absolute atomic E-state index is 11.8. The van der Waals surface area contributed by atoms with Gasteiger partial charge < -0.3 is 15.5 Å². The standard InChI is InChI=1S/C10H9Cl2NO5S/c11-6-3-4(8(12)19-6)9(16)13-5(10(17)18)1-2-7(14)15/h3,5H,1-2H2,(H,13,16)(H,14,15)(H,17,18)/t5-/m0/s1. The van der Waals surface area contributed by atoms with E-state index >= 15 is 0 Å². The molecule has 1 atom stereocenters. The lowest BCUT2D eigenvalue weighted by Crippen LogP contribution is -2.41. The van der Waals surface area contributed by atoms with E-state index in [-0.39, 0.29) is 22.7 Å². The summed E-state index contributed by atoms with van der Waals surface area (Å²) >= 11 is 12.4. The lowest BCUT2D eigenvalue weighted by atomic mass is 10.1. The van der Waals surface area contributed by atoms with E-state index in [0.717, 1.165) is 11.3 Å². The molecule has 0 saturated heterocycles. The molecule has 0 radical (unpaired) electrons. The minimum atomic E-state index is -1.31. The first-order valence-electron chi connectivity index (χ1n) is 5.01. The van der Waals surface area contributed by atoms with Crippen molar-refractivity contribution in [3.05, 3.63) is 20.3 Å². The van der Waals surface area contributed by atoms with E-state index in [1.165, 1.54) is 6.07 Å². The molecule has 0 aromatic carbocycles. The van der Waals surface area contributed by atoms with Crippen LogP contribution in [0, 0.1) is 0 Å². The van der Waals surface area contributed by atoms with Crippen LogP contribution in [-0.2, 0) is 9.59 Å². The van der Waals surface area contributed by atoms with Crippen LogP contribution in [-0.4, -0.2) is 34.1 Å². The number of halogens is 2. The second-order valence-electron chi connectivity index (χ2n) is 3.53. The van der Waals surface area contributed by atoms with Crippen molar-refractivity contribution in [3.63, 3.8) is 0 Å². The fraction of sp³-hybridized carbons (Fsp3) is 0.300. The SMILES string of the molecule is O=C(O)CC[C@H](NC(=O)c1cc(Cl)sc1Cl)C(=O)O. The first kappa shape index (κ1) is 15.7. The molecular formula is C10H9Cl2NO5S. The summed E-state index contributed by atoms with van der Waals surface area (Å²) in [6, 6.07) is 0.0262. The fourth-order valence-corrected chi connectivity index (χ4v) is 2.71. The van der Waals surface area contributed by atoms with E-state index in [1.807, 2.05) is 0 Å². The average Bonchev–Trinajstić information content (AvgIpc) is 2.62. The lowest BCUT2D eigenvalue weighted by molar-refractivity contribution is -0.140. The molecule has 1 heterocycles. The number of nitrogens with one attached hydrogen (secondary N) is 1. The Labute approximate surface area is 121 Å². The third kappa shape index (κ3) is 4.70. The summed E-state index contributed by atoms with van der Waals surface area (Å²) in [5.41, 5.74) is 0.0678. The van der Waals surface area contributed by atoms with Crippen LogP contribution in [0.15, 0.2) is 6.07 Å². The Morgan fingerprint density at radius 2 is 1.95 bits per heavy atom. The molecule has 0 fully saturated rings. The molecular weight excluding hydrogens is 317 g/mol. The molecule has 3 N–H and O–H groups in total. The van der Waals surface area contributed by atoms with Crippen molar-refractivity contribution in [1.82, 2.24) is 5.32 Å². The number of carbonyl (C=O) groups excluding carboxylic acids is 1. The van der Waals surface area contributed by atoms with E-state index in [0.29, 0.717) is 4.34 Å². The number of hydrogen-bond acceptors (Lipinski definition) is 4. The largest absolute Gasteiger partial charge is 0.481 e. The molecule has 1 aromatic heterocycles. The highest BCUT2D eigenvalue weighted by atomic mass is 35.5. The molecule has 0 aliphatic rings. The summed E-state index contributed by atoms with van der Waals surface area (Å²) in [4.78, 5) is 33.1. The Morgan fingerprint density at radius 3 is 2.37 bits per heavy atom. The summed E-state index contributed by atoms with van der Waals surface area (Å²) < 4.78 is 0.442. The van der Waals surface area contributed by atoms with Crippen molar-refractivity contribution in [2.24, 2.45) is 0 Å². The molecule has 104 valence electrons. The quantitative estimate of drug-likeness (QED) is 0.743. The van der Waals surface area contributed by atoms with Crippen LogP contribution in [0.1, 0.15) is 23.2 Å². The monoisotopic (exact) mass is 325 g/mol. The number of carboxylic acids is 2. The van der Waals surface area contributed by atoms with E-state index in [2.05, 4.69) is 5.32 Å². The van der Waals surface area contributed by atoms with Gasteiger partial charge in [0.1, 0.15) is 10.4 Å². The van der Waals surface area contributed by atoms with Gasteiger partial charge in [-0.05, 0) is 12.5 Å². The number of amides is 1. The Hall–Kier alpha value is -1.31. The highest BCUT2D eigenvalue weighted by molar-refractivity contribution is 7.20. The summed E-state index contributed by atoms with van der Waals surface area (Å²) in [5, 5.41) is 19.6. The van der Waals surface area contributed by atoms with Gasteiger partial charge in [-0.25, -0.2) is 4.79 Å². The third-order valence-electron chi connectivity index (χ3n) is 2.15. The predicted octanol–water partition coefficient (Wildman–Crippen LogP) is 2.10. The lowest BCUT2D eigenvalue weighted by Gasteiger charge is -2.12. The normalized spacial score (nSPS) is 11.9. The van der Waals surface area contributed by atoms with Gasteiger partial charge in [-0.3, -0.25) is 9.59 Å². The molecule has 1 rings (SSSR count). The molecule has 0 aliphatic heterocycles. The molecule has 9 heteroatoms. The maximum Gasteiger partial charge on any atom is 0.326 e. The minimum absolute atomic E-state index is 0.0678. The van der Waals surface area contributed by atoms with Crippen LogP contribution < -0.4 is 5.32 Å². The number of aliphatic carboxylic acids is 2. The van der Waals surface area contributed by atoms with Crippen LogP contribution in [0.25, 0.3) is 0 Å². The van der Waals surface area contributed by atoms with Crippen molar-refractivity contribution >= 4 is 52.4 Å². The van der Waals surface area contributed by atoms with E-state index in [9.17, 15) is 14.4 Å². The van der Waals surface area contributed by atoms with Gasteiger partial charge in [0, 0.05) is 6.42 Å². The molecule has 1 amide bonds. The highest BCUT2D eigenvalue weighted by Gasteiger charge is 2.23. The smallest absolute Gasteiger partial charge is 0.326 e. The molecule has 1 aromatic rings. The fourth-order valence-electron chi connectivity index (χ4n) is 1.26. The van der Waals surface area contributed by atoms with Gasteiger partial charge in [-0.2, -0.15) is 0 Å².